The van der Waals surface area contributed by atoms with E-state index in [1.165, 1.54) is 12.4 Å². The van der Waals surface area contributed by atoms with Crippen molar-refractivity contribution in [3.05, 3.63) is 40.4 Å². The molecule has 0 aliphatic carbocycles. The summed E-state index contributed by atoms with van der Waals surface area (Å²) in [4.78, 5) is 4.08. The molecule has 4 N–H and O–H groups in total. The number of H-pyrrole nitrogens is 1. The minimum absolute atomic E-state index is 0.154. The molecule has 0 saturated heterocycles. The van der Waals surface area contributed by atoms with Crippen molar-refractivity contribution in [1.29, 1.82) is 0 Å². The fourth-order valence-electron chi connectivity index (χ4n) is 1.66. The van der Waals surface area contributed by atoms with Crippen molar-refractivity contribution < 1.29 is 8.42 Å². The number of nitrogens with one attached hydrogen (secondary N) is 2. The van der Waals surface area contributed by atoms with Gasteiger partial charge in [0.1, 0.15) is 12.2 Å². The summed E-state index contributed by atoms with van der Waals surface area (Å²) in [5.41, 5.74) is 6.36. The molecular formula is C11H14BrN5O2S. The lowest BCUT2D eigenvalue weighted by molar-refractivity contribution is 0.560. The number of nitrogens with zero attached hydrogens (tertiary/aromatic N) is 2. The Labute approximate surface area is 125 Å². The van der Waals surface area contributed by atoms with Gasteiger partial charge in [0, 0.05) is 11.0 Å². The third-order valence-corrected chi connectivity index (χ3v) is 5.21. The minimum atomic E-state index is -3.67. The van der Waals surface area contributed by atoms with Gasteiger partial charge in [-0.2, -0.15) is 5.10 Å². The van der Waals surface area contributed by atoms with Gasteiger partial charge in [-0.3, -0.25) is 5.10 Å². The number of aromatic amines is 1. The first-order chi connectivity index (χ1) is 9.44. The number of nitrogens with two attached hydrogens (primary N) is 1. The van der Waals surface area contributed by atoms with E-state index in [-0.39, 0.29) is 4.90 Å². The maximum absolute atomic E-state index is 12.3. The molecule has 2 aromatic rings. The fourth-order valence-corrected chi connectivity index (χ4v) is 4.00. The lowest BCUT2D eigenvalue weighted by atomic mass is 10.2. The predicted octanol–water partition coefficient (Wildman–Crippen LogP) is 1.07. The van der Waals surface area contributed by atoms with Gasteiger partial charge in [-0.15, -0.1) is 0 Å². The van der Waals surface area contributed by atoms with Crippen LogP contribution >= 0.6 is 15.9 Å². The van der Waals surface area contributed by atoms with Crippen LogP contribution in [0, 0.1) is 0 Å². The van der Waals surface area contributed by atoms with E-state index in [9.17, 15) is 8.42 Å². The van der Waals surface area contributed by atoms with Crippen molar-refractivity contribution >= 4 is 26.0 Å². The molecule has 1 aromatic heterocycles. The lowest BCUT2D eigenvalue weighted by Gasteiger charge is -2.13. The van der Waals surface area contributed by atoms with E-state index < -0.39 is 16.1 Å². The summed E-state index contributed by atoms with van der Waals surface area (Å²) >= 11 is 3.25. The minimum Gasteiger partial charge on any atom is -0.326 e. The average molecular weight is 360 g/mol. The van der Waals surface area contributed by atoms with Crippen LogP contribution in [-0.4, -0.2) is 23.6 Å². The van der Waals surface area contributed by atoms with E-state index in [0.717, 1.165) is 5.56 Å². The summed E-state index contributed by atoms with van der Waals surface area (Å²) in [6.07, 6.45) is 1.33. The SMILES string of the molecule is CC(NS(=O)(=O)c1ccc(CN)cc1Br)c1ncn[nH]1. The Bertz CT molecular complexity index is 687. The van der Waals surface area contributed by atoms with Crippen LogP contribution in [0.3, 0.4) is 0 Å². The molecule has 9 heteroatoms. The van der Waals surface area contributed by atoms with E-state index in [1.807, 2.05) is 0 Å². The van der Waals surface area contributed by atoms with Crippen molar-refractivity contribution in [2.75, 3.05) is 0 Å². The smallest absolute Gasteiger partial charge is 0.242 e. The summed E-state index contributed by atoms with van der Waals surface area (Å²) in [6.45, 7) is 2.03. The van der Waals surface area contributed by atoms with Crippen LogP contribution in [-0.2, 0) is 16.6 Å². The lowest BCUT2D eigenvalue weighted by Crippen LogP contribution is -2.28. The monoisotopic (exact) mass is 359 g/mol. The molecule has 0 fully saturated rings. The Balaban J connectivity index is 2.27. The van der Waals surface area contributed by atoms with Gasteiger partial charge >= 0.3 is 0 Å². The van der Waals surface area contributed by atoms with Gasteiger partial charge < -0.3 is 5.73 Å². The molecule has 0 bridgehead atoms. The van der Waals surface area contributed by atoms with Crippen LogP contribution in [0.25, 0.3) is 0 Å². The van der Waals surface area contributed by atoms with Crippen LogP contribution in [0.2, 0.25) is 0 Å². The summed E-state index contributed by atoms with van der Waals surface area (Å²) < 4.78 is 27.6. The van der Waals surface area contributed by atoms with Gasteiger partial charge in [0.2, 0.25) is 10.0 Å². The maximum atomic E-state index is 12.3. The fraction of sp³-hybridized carbons (Fsp3) is 0.273. The van der Waals surface area contributed by atoms with Crippen LogP contribution in [0.5, 0.6) is 0 Å². The van der Waals surface area contributed by atoms with Gasteiger partial charge in [0.25, 0.3) is 0 Å². The Morgan fingerprint density at radius 1 is 1.50 bits per heavy atom. The highest BCUT2D eigenvalue weighted by atomic mass is 79.9. The van der Waals surface area contributed by atoms with E-state index in [2.05, 4.69) is 35.8 Å². The van der Waals surface area contributed by atoms with Crippen LogP contribution < -0.4 is 10.5 Å². The maximum Gasteiger partial charge on any atom is 0.242 e. The van der Waals surface area contributed by atoms with Crippen LogP contribution in [0.1, 0.15) is 24.4 Å². The molecule has 1 heterocycles. The molecule has 2 rings (SSSR count). The third-order valence-electron chi connectivity index (χ3n) is 2.70. The van der Waals surface area contributed by atoms with E-state index in [1.54, 1.807) is 19.1 Å². The number of sulfonamides is 1. The van der Waals surface area contributed by atoms with Crippen molar-refractivity contribution in [3.8, 4) is 0 Å². The van der Waals surface area contributed by atoms with Crippen LogP contribution in [0.4, 0.5) is 0 Å². The molecule has 0 saturated carbocycles. The Morgan fingerprint density at radius 2 is 2.25 bits per heavy atom. The number of benzene rings is 1. The van der Waals surface area contributed by atoms with Crippen LogP contribution in [0.15, 0.2) is 33.9 Å². The number of rotatable bonds is 5. The third kappa shape index (κ3) is 3.23. The highest BCUT2D eigenvalue weighted by molar-refractivity contribution is 9.10. The molecule has 1 unspecified atom stereocenters. The van der Waals surface area contributed by atoms with E-state index in [0.29, 0.717) is 16.8 Å². The second kappa shape index (κ2) is 6.00. The molecule has 0 spiro atoms. The second-order valence-electron chi connectivity index (χ2n) is 4.18. The van der Waals surface area contributed by atoms with Gasteiger partial charge in [0.15, 0.2) is 0 Å². The van der Waals surface area contributed by atoms with Crippen molar-refractivity contribution in [2.45, 2.75) is 24.4 Å². The summed E-state index contributed by atoms with van der Waals surface area (Å²) in [7, 11) is -3.67. The molecular weight excluding hydrogens is 346 g/mol. The molecule has 0 amide bonds. The second-order valence-corrected chi connectivity index (χ2v) is 6.72. The van der Waals surface area contributed by atoms with Gasteiger partial charge in [-0.1, -0.05) is 6.07 Å². The quantitative estimate of drug-likeness (QED) is 0.738. The molecule has 1 atom stereocenters. The van der Waals surface area contributed by atoms with E-state index in [4.69, 9.17) is 5.73 Å². The van der Waals surface area contributed by atoms with Gasteiger partial charge in [-0.25, -0.2) is 18.1 Å². The highest BCUT2D eigenvalue weighted by Gasteiger charge is 2.22. The highest BCUT2D eigenvalue weighted by Crippen LogP contribution is 2.24. The van der Waals surface area contributed by atoms with Gasteiger partial charge in [0.05, 0.1) is 10.9 Å². The Kier molecular flexibility index (Phi) is 4.53. The first-order valence-corrected chi connectivity index (χ1v) is 8.07. The van der Waals surface area contributed by atoms with Crippen molar-refractivity contribution in [3.63, 3.8) is 0 Å². The zero-order chi connectivity index (χ0) is 14.8. The molecule has 7 nitrogen and oxygen atoms in total. The topological polar surface area (TPSA) is 114 Å². The summed E-state index contributed by atoms with van der Waals surface area (Å²) in [6, 6.07) is 4.37. The number of hydrogen-bond acceptors (Lipinski definition) is 5. The first-order valence-electron chi connectivity index (χ1n) is 5.80. The zero-order valence-corrected chi connectivity index (χ0v) is 13.1. The van der Waals surface area contributed by atoms with Crippen molar-refractivity contribution in [1.82, 2.24) is 19.9 Å². The number of halogens is 1. The Morgan fingerprint density at radius 3 is 2.80 bits per heavy atom. The zero-order valence-electron chi connectivity index (χ0n) is 10.7. The molecule has 0 aliphatic heterocycles. The average Bonchev–Trinajstić information content (AvgIpc) is 2.91. The molecule has 0 radical (unpaired) electrons. The first kappa shape index (κ1) is 15.1. The molecule has 20 heavy (non-hydrogen) atoms. The number of hydrogen-bond donors (Lipinski definition) is 3. The standard InChI is InChI=1S/C11H14BrN5O2S/c1-7(11-14-6-15-16-11)17-20(18,19)10-3-2-8(5-13)4-9(10)12/h2-4,6-7,17H,5,13H2,1H3,(H,14,15,16). The number of aromatic nitrogens is 3. The molecule has 1 aromatic carbocycles. The molecule has 0 aliphatic rings. The van der Waals surface area contributed by atoms with E-state index >= 15 is 0 Å². The predicted molar refractivity (Wildman–Crippen MR) is 77.2 cm³/mol. The van der Waals surface area contributed by atoms with Crippen molar-refractivity contribution in [2.24, 2.45) is 5.73 Å². The summed E-state index contributed by atoms with van der Waals surface area (Å²) in [5, 5.41) is 6.32. The Hall–Kier alpha value is -1.29. The van der Waals surface area contributed by atoms with Gasteiger partial charge in [-0.05, 0) is 40.5 Å². The normalized spacial score (nSPS) is 13.3. The molecule has 108 valence electrons. The largest absolute Gasteiger partial charge is 0.326 e. The summed E-state index contributed by atoms with van der Waals surface area (Å²) in [5.74, 6) is 0.447.